The number of rotatable bonds is 6. The predicted octanol–water partition coefficient (Wildman–Crippen LogP) is 2.23. The number of aromatic nitrogens is 4. The van der Waals surface area contributed by atoms with E-state index in [0.29, 0.717) is 10.3 Å². The first kappa shape index (κ1) is 13.9. The van der Waals surface area contributed by atoms with Crippen LogP contribution in [-0.2, 0) is 6.54 Å². The molecule has 2 heterocycles. The summed E-state index contributed by atoms with van der Waals surface area (Å²) in [4.78, 5) is 17.1. The van der Waals surface area contributed by atoms with Gasteiger partial charge >= 0.3 is 0 Å². The molecule has 2 aromatic rings. The van der Waals surface area contributed by atoms with Crippen LogP contribution in [0.3, 0.4) is 0 Å². The summed E-state index contributed by atoms with van der Waals surface area (Å²) in [6.45, 7) is 5.90. The van der Waals surface area contributed by atoms with Gasteiger partial charge in [0.25, 0.3) is 0 Å². The van der Waals surface area contributed by atoms with Gasteiger partial charge in [-0.1, -0.05) is 6.92 Å². The van der Waals surface area contributed by atoms with Crippen molar-refractivity contribution in [3.05, 3.63) is 35.9 Å². The van der Waals surface area contributed by atoms with Gasteiger partial charge in [0, 0.05) is 36.4 Å². The van der Waals surface area contributed by atoms with E-state index >= 15 is 0 Å². The Morgan fingerprint density at radius 3 is 2.63 bits per heavy atom. The van der Waals surface area contributed by atoms with Gasteiger partial charge in [0.15, 0.2) is 10.3 Å². The Balaban J connectivity index is 1.95. The first-order valence-corrected chi connectivity index (χ1v) is 7.08. The third-order valence-electron chi connectivity index (χ3n) is 2.39. The molecule has 19 heavy (non-hydrogen) atoms. The largest absolute Gasteiger partial charge is 0.313 e. The molecule has 2 rings (SSSR count). The highest BCUT2D eigenvalue weighted by Gasteiger charge is 2.03. The predicted molar refractivity (Wildman–Crippen MR) is 74.9 cm³/mol. The summed E-state index contributed by atoms with van der Waals surface area (Å²) in [5, 5.41) is 4.67. The standard InChI is InChI=1S/C13H17N5S/c1-3-5-14-7-11-8-16-12(17-9-11)19-13-15-6-4-10(2)18-13/h4,6,8-9,14H,3,5,7H2,1-2H3. The fourth-order valence-electron chi connectivity index (χ4n) is 1.45. The number of aryl methyl sites for hydroxylation is 1. The summed E-state index contributed by atoms with van der Waals surface area (Å²) in [7, 11) is 0. The molecule has 0 radical (unpaired) electrons. The Kier molecular flexibility index (Phi) is 5.23. The second kappa shape index (κ2) is 7.16. The van der Waals surface area contributed by atoms with Crippen molar-refractivity contribution >= 4 is 11.8 Å². The fraction of sp³-hybridized carbons (Fsp3) is 0.385. The minimum Gasteiger partial charge on any atom is -0.313 e. The molecule has 6 heteroatoms. The smallest absolute Gasteiger partial charge is 0.195 e. The molecule has 0 saturated heterocycles. The summed E-state index contributed by atoms with van der Waals surface area (Å²) in [5.41, 5.74) is 2.03. The van der Waals surface area contributed by atoms with Crippen molar-refractivity contribution in [1.29, 1.82) is 0 Å². The van der Waals surface area contributed by atoms with Crippen molar-refractivity contribution in [1.82, 2.24) is 25.3 Å². The maximum Gasteiger partial charge on any atom is 0.195 e. The maximum absolute atomic E-state index is 4.31. The van der Waals surface area contributed by atoms with Gasteiger partial charge in [-0.3, -0.25) is 0 Å². The maximum atomic E-state index is 4.31. The molecule has 0 saturated carbocycles. The monoisotopic (exact) mass is 275 g/mol. The Morgan fingerprint density at radius 2 is 1.95 bits per heavy atom. The Bertz CT molecular complexity index is 515. The first-order chi connectivity index (χ1) is 9.28. The van der Waals surface area contributed by atoms with Gasteiger partial charge < -0.3 is 5.32 Å². The summed E-state index contributed by atoms with van der Waals surface area (Å²) < 4.78 is 0. The molecule has 100 valence electrons. The van der Waals surface area contributed by atoms with Gasteiger partial charge in [-0.25, -0.2) is 19.9 Å². The first-order valence-electron chi connectivity index (χ1n) is 6.27. The van der Waals surface area contributed by atoms with Crippen LogP contribution >= 0.6 is 11.8 Å². The van der Waals surface area contributed by atoms with Crippen LogP contribution in [0.4, 0.5) is 0 Å². The van der Waals surface area contributed by atoms with Gasteiger partial charge in [0.05, 0.1) is 0 Å². The SMILES string of the molecule is CCCNCc1cnc(Sc2nccc(C)n2)nc1. The van der Waals surface area contributed by atoms with Gasteiger partial charge in [-0.2, -0.15) is 0 Å². The van der Waals surface area contributed by atoms with Crippen LogP contribution in [0.2, 0.25) is 0 Å². The van der Waals surface area contributed by atoms with E-state index in [1.54, 1.807) is 6.20 Å². The van der Waals surface area contributed by atoms with Crippen LogP contribution in [0.25, 0.3) is 0 Å². The number of nitrogens with zero attached hydrogens (tertiary/aromatic N) is 4. The van der Waals surface area contributed by atoms with E-state index < -0.39 is 0 Å². The highest BCUT2D eigenvalue weighted by molar-refractivity contribution is 7.99. The van der Waals surface area contributed by atoms with E-state index in [0.717, 1.165) is 30.8 Å². The van der Waals surface area contributed by atoms with Crippen molar-refractivity contribution in [3.8, 4) is 0 Å². The van der Waals surface area contributed by atoms with Crippen LogP contribution in [0.5, 0.6) is 0 Å². The topological polar surface area (TPSA) is 63.6 Å². The fourth-order valence-corrected chi connectivity index (χ4v) is 2.13. The van der Waals surface area contributed by atoms with E-state index in [1.807, 2.05) is 25.4 Å². The molecule has 2 aromatic heterocycles. The number of hydrogen-bond donors (Lipinski definition) is 1. The molecular weight excluding hydrogens is 258 g/mol. The zero-order valence-electron chi connectivity index (χ0n) is 11.1. The quantitative estimate of drug-likeness (QED) is 0.644. The molecule has 5 nitrogen and oxygen atoms in total. The second-order valence-electron chi connectivity index (χ2n) is 4.13. The van der Waals surface area contributed by atoms with Crippen LogP contribution in [-0.4, -0.2) is 26.5 Å². The van der Waals surface area contributed by atoms with Gasteiger partial charge in [-0.15, -0.1) is 0 Å². The molecule has 0 atom stereocenters. The van der Waals surface area contributed by atoms with Crippen LogP contribution < -0.4 is 5.32 Å². The lowest BCUT2D eigenvalue weighted by molar-refractivity contribution is 0.669. The average Bonchev–Trinajstić information content (AvgIpc) is 2.41. The molecule has 0 aliphatic heterocycles. The molecule has 0 amide bonds. The molecular formula is C13H17N5S. The lowest BCUT2D eigenvalue weighted by atomic mass is 10.3. The van der Waals surface area contributed by atoms with E-state index in [9.17, 15) is 0 Å². The Hall–Kier alpha value is -1.53. The molecule has 0 aliphatic rings. The van der Waals surface area contributed by atoms with Gasteiger partial charge in [0.2, 0.25) is 0 Å². The second-order valence-corrected chi connectivity index (χ2v) is 5.07. The molecule has 0 aromatic carbocycles. The zero-order valence-corrected chi connectivity index (χ0v) is 11.9. The molecule has 0 aliphatic carbocycles. The molecule has 0 fully saturated rings. The van der Waals surface area contributed by atoms with Crippen molar-refractivity contribution in [2.45, 2.75) is 37.1 Å². The third-order valence-corrected chi connectivity index (χ3v) is 3.17. The van der Waals surface area contributed by atoms with Crippen LogP contribution in [0.15, 0.2) is 35.0 Å². The highest BCUT2D eigenvalue weighted by Crippen LogP contribution is 2.19. The minimum atomic E-state index is 0.671. The minimum absolute atomic E-state index is 0.671. The zero-order chi connectivity index (χ0) is 13.5. The van der Waals surface area contributed by atoms with Crippen molar-refractivity contribution in [3.63, 3.8) is 0 Å². The lowest BCUT2D eigenvalue weighted by Gasteiger charge is -2.03. The van der Waals surface area contributed by atoms with Gasteiger partial charge in [-0.05, 0) is 37.7 Å². The Labute approximate surface area is 117 Å². The summed E-state index contributed by atoms with van der Waals surface area (Å²) in [6, 6.07) is 1.87. The normalized spacial score (nSPS) is 10.6. The highest BCUT2D eigenvalue weighted by atomic mass is 32.2. The summed E-state index contributed by atoms with van der Waals surface area (Å²) in [6.07, 6.45) is 6.55. The van der Waals surface area contributed by atoms with Crippen molar-refractivity contribution in [2.75, 3.05) is 6.54 Å². The van der Waals surface area contributed by atoms with Crippen LogP contribution in [0.1, 0.15) is 24.6 Å². The molecule has 0 spiro atoms. The summed E-state index contributed by atoms with van der Waals surface area (Å²) >= 11 is 1.37. The Morgan fingerprint density at radius 1 is 1.16 bits per heavy atom. The number of nitrogens with one attached hydrogen (secondary N) is 1. The van der Waals surface area contributed by atoms with Crippen LogP contribution in [0, 0.1) is 6.92 Å². The third kappa shape index (κ3) is 4.57. The molecule has 0 unspecified atom stereocenters. The van der Waals surface area contributed by atoms with Gasteiger partial charge in [0.1, 0.15) is 0 Å². The average molecular weight is 275 g/mol. The lowest BCUT2D eigenvalue weighted by Crippen LogP contribution is -2.14. The van der Waals surface area contributed by atoms with Crippen molar-refractivity contribution < 1.29 is 0 Å². The molecule has 1 N–H and O–H groups in total. The number of hydrogen-bond acceptors (Lipinski definition) is 6. The van der Waals surface area contributed by atoms with Crippen molar-refractivity contribution in [2.24, 2.45) is 0 Å². The van der Waals surface area contributed by atoms with E-state index in [2.05, 4.69) is 32.2 Å². The van der Waals surface area contributed by atoms with E-state index in [4.69, 9.17) is 0 Å². The molecule has 0 bridgehead atoms. The summed E-state index contributed by atoms with van der Waals surface area (Å²) in [5.74, 6) is 0. The van der Waals surface area contributed by atoms with E-state index in [1.165, 1.54) is 11.8 Å². The van der Waals surface area contributed by atoms with E-state index in [-0.39, 0.29) is 0 Å².